The van der Waals surface area contributed by atoms with Crippen molar-refractivity contribution < 1.29 is 19.0 Å². The normalized spacial score (nSPS) is 10.0. The van der Waals surface area contributed by atoms with E-state index in [1.165, 1.54) is 18.2 Å². The molecule has 1 amide bonds. The van der Waals surface area contributed by atoms with Crippen LogP contribution in [0.1, 0.15) is 5.56 Å². The van der Waals surface area contributed by atoms with E-state index in [0.717, 1.165) is 0 Å². The van der Waals surface area contributed by atoms with Gasteiger partial charge in [-0.05, 0) is 25.2 Å². The third-order valence-corrected chi connectivity index (χ3v) is 2.03. The molecule has 3 N–H and O–H groups in total. The topological polar surface area (TPSA) is 70.6 Å². The van der Waals surface area contributed by atoms with Gasteiger partial charge in [-0.15, -0.1) is 0 Å². The van der Waals surface area contributed by atoms with Crippen LogP contribution in [-0.2, 0) is 6.54 Å². The van der Waals surface area contributed by atoms with Crippen LogP contribution in [0.15, 0.2) is 18.2 Å². The van der Waals surface area contributed by atoms with Crippen molar-refractivity contribution in [2.24, 2.45) is 0 Å². The molecule has 0 aromatic heterocycles. The van der Waals surface area contributed by atoms with E-state index >= 15 is 0 Å². The Morgan fingerprint density at radius 3 is 2.94 bits per heavy atom. The van der Waals surface area contributed by atoms with Crippen LogP contribution in [-0.4, -0.2) is 31.4 Å². The summed E-state index contributed by atoms with van der Waals surface area (Å²) in [5, 5.41) is 13.4. The highest BCUT2D eigenvalue weighted by molar-refractivity contribution is 5.64. The third-order valence-electron chi connectivity index (χ3n) is 2.03. The van der Waals surface area contributed by atoms with Gasteiger partial charge >= 0.3 is 6.09 Å². The first kappa shape index (κ1) is 13.2. The fourth-order valence-corrected chi connectivity index (χ4v) is 1.34. The fraction of sp³-hybridized carbons (Fsp3) is 0.364. The van der Waals surface area contributed by atoms with Crippen molar-refractivity contribution >= 4 is 6.09 Å². The van der Waals surface area contributed by atoms with Crippen LogP contribution in [0.2, 0.25) is 0 Å². The standard InChI is InChI=1S/C11H15FN2O3/c1-13-7-8-6-9(12)2-3-10(8)17-5-4-14-11(15)16/h2-3,6,13-14H,4-5,7H2,1H3,(H,15,16). The molecule has 0 aliphatic heterocycles. The monoisotopic (exact) mass is 242 g/mol. The van der Waals surface area contributed by atoms with Gasteiger partial charge in [0.2, 0.25) is 0 Å². The van der Waals surface area contributed by atoms with E-state index in [1.54, 1.807) is 7.05 Å². The molecule has 0 aliphatic rings. The summed E-state index contributed by atoms with van der Waals surface area (Å²) >= 11 is 0. The molecule has 0 bridgehead atoms. The highest BCUT2D eigenvalue weighted by Gasteiger charge is 2.04. The largest absolute Gasteiger partial charge is 0.491 e. The molecule has 1 rings (SSSR count). The number of halogens is 1. The number of carboxylic acid groups (broad SMARTS) is 1. The maximum absolute atomic E-state index is 13.0. The molecule has 5 nitrogen and oxygen atoms in total. The van der Waals surface area contributed by atoms with E-state index in [4.69, 9.17) is 9.84 Å². The summed E-state index contributed by atoms with van der Waals surface area (Å²) in [7, 11) is 1.75. The van der Waals surface area contributed by atoms with E-state index in [-0.39, 0.29) is 19.0 Å². The Morgan fingerprint density at radius 2 is 2.29 bits per heavy atom. The molecule has 1 aromatic rings. The highest BCUT2D eigenvalue weighted by atomic mass is 19.1. The maximum Gasteiger partial charge on any atom is 0.404 e. The molecular weight excluding hydrogens is 227 g/mol. The van der Waals surface area contributed by atoms with Gasteiger partial charge in [-0.2, -0.15) is 0 Å². The Bertz CT molecular complexity index is 385. The number of benzene rings is 1. The smallest absolute Gasteiger partial charge is 0.404 e. The van der Waals surface area contributed by atoms with Crippen LogP contribution in [0, 0.1) is 5.82 Å². The lowest BCUT2D eigenvalue weighted by molar-refractivity contribution is 0.191. The van der Waals surface area contributed by atoms with Gasteiger partial charge < -0.3 is 20.5 Å². The molecule has 0 fully saturated rings. The van der Waals surface area contributed by atoms with Crippen molar-refractivity contribution in [2.45, 2.75) is 6.54 Å². The summed E-state index contributed by atoms with van der Waals surface area (Å²) < 4.78 is 18.4. The van der Waals surface area contributed by atoms with E-state index in [9.17, 15) is 9.18 Å². The van der Waals surface area contributed by atoms with Gasteiger partial charge in [-0.1, -0.05) is 0 Å². The summed E-state index contributed by atoms with van der Waals surface area (Å²) in [6.07, 6.45) is -1.09. The molecular formula is C11H15FN2O3. The molecule has 0 heterocycles. The van der Waals surface area contributed by atoms with Crippen molar-refractivity contribution in [3.63, 3.8) is 0 Å². The molecule has 6 heteroatoms. The number of hydrogen-bond donors (Lipinski definition) is 3. The zero-order valence-electron chi connectivity index (χ0n) is 9.50. The number of ether oxygens (including phenoxy) is 1. The fourth-order valence-electron chi connectivity index (χ4n) is 1.34. The maximum atomic E-state index is 13.0. The van der Waals surface area contributed by atoms with Gasteiger partial charge in [0, 0.05) is 12.1 Å². The second-order valence-corrected chi connectivity index (χ2v) is 3.36. The number of amides is 1. The summed E-state index contributed by atoms with van der Waals surface area (Å²) in [4.78, 5) is 10.2. The van der Waals surface area contributed by atoms with E-state index in [0.29, 0.717) is 17.9 Å². The summed E-state index contributed by atoms with van der Waals surface area (Å²) in [5.41, 5.74) is 0.697. The van der Waals surface area contributed by atoms with Crippen molar-refractivity contribution in [1.29, 1.82) is 0 Å². The van der Waals surface area contributed by atoms with E-state index < -0.39 is 6.09 Å². The van der Waals surface area contributed by atoms with Crippen LogP contribution in [0.4, 0.5) is 9.18 Å². The SMILES string of the molecule is CNCc1cc(F)ccc1OCCNC(=O)O. The first-order valence-corrected chi connectivity index (χ1v) is 5.16. The van der Waals surface area contributed by atoms with Gasteiger partial charge in [0.05, 0.1) is 6.54 Å². The lowest BCUT2D eigenvalue weighted by Gasteiger charge is -2.11. The molecule has 0 spiro atoms. The zero-order chi connectivity index (χ0) is 12.7. The third kappa shape index (κ3) is 4.69. The molecule has 0 saturated heterocycles. The molecule has 0 unspecified atom stereocenters. The Hall–Kier alpha value is -1.82. The molecule has 0 aliphatic carbocycles. The first-order valence-electron chi connectivity index (χ1n) is 5.16. The predicted molar refractivity (Wildman–Crippen MR) is 60.7 cm³/mol. The van der Waals surface area contributed by atoms with E-state index in [2.05, 4.69) is 10.6 Å². The molecule has 0 saturated carbocycles. The van der Waals surface area contributed by atoms with Crippen LogP contribution >= 0.6 is 0 Å². The predicted octanol–water partition coefficient (Wildman–Crippen LogP) is 1.19. The molecule has 1 aromatic carbocycles. The Balaban J connectivity index is 2.54. The number of rotatable bonds is 6. The summed E-state index contributed by atoms with van der Waals surface area (Å²) in [5.74, 6) is 0.221. The number of carbonyl (C=O) groups is 1. The highest BCUT2D eigenvalue weighted by Crippen LogP contribution is 2.19. The minimum Gasteiger partial charge on any atom is -0.491 e. The van der Waals surface area contributed by atoms with Gasteiger partial charge in [0.15, 0.2) is 0 Å². The molecule has 94 valence electrons. The van der Waals surface area contributed by atoms with Gasteiger partial charge in [-0.3, -0.25) is 0 Å². The number of hydrogen-bond acceptors (Lipinski definition) is 3. The minimum absolute atomic E-state index is 0.186. The van der Waals surface area contributed by atoms with Crippen molar-refractivity contribution in [1.82, 2.24) is 10.6 Å². The summed E-state index contributed by atoms with van der Waals surface area (Å²) in [6.45, 7) is 0.875. The Morgan fingerprint density at radius 1 is 1.53 bits per heavy atom. The van der Waals surface area contributed by atoms with Crippen molar-refractivity contribution in [3.8, 4) is 5.75 Å². The Labute approximate surface area is 98.6 Å². The quantitative estimate of drug-likeness (QED) is 0.655. The van der Waals surface area contributed by atoms with Gasteiger partial charge in [0.25, 0.3) is 0 Å². The second kappa shape index (κ2) is 6.70. The zero-order valence-corrected chi connectivity index (χ0v) is 9.50. The first-order chi connectivity index (χ1) is 8.13. The minimum atomic E-state index is -1.09. The van der Waals surface area contributed by atoms with Gasteiger partial charge in [-0.25, -0.2) is 9.18 Å². The molecule has 0 radical (unpaired) electrons. The van der Waals surface area contributed by atoms with Gasteiger partial charge in [0.1, 0.15) is 18.2 Å². The summed E-state index contributed by atoms with van der Waals surface area (Å²) in [6, 6.07) is 4.22. The average Bonchev–Trinajstić information content (AvgIpc) is 2.27. The van der Waals surface area contributed by atoms with Crippen LogP contribution in [0.25, 0.3) is 0 Å². The second-order valence-electron chi connectivity index (χ2n) is 3.36. The average molecular weight is 242 g/mol. The van der Waals surface area contributed by atoms with Crippen LogP contribution < -0.4 is 15.4 Å². The molecule has 0 atom stereocenters. The Kier molecular flexibility index (Phi) is 5.22. The van der Waals surface area contributed by atoms with Crippen LogP contribution in [0.5, 0.6) is 5.75 Å². The van der Waals surface area contributed by atoms with E-state index in [1.807, 2.05) is 0 Å². The van der Waals surface area contributed by atoms with Crippen molar-refractivity contribution in [3.05, 3.63) is 29.6 Å². The van der Waals surface area contributed by atoms with Crippen molar-refractivity contribution in [2.75, 3.05) is 20.2 Å². The van der Waals surface area contributed by atoms with Crippen LogP contribution in [0.3, 0.4) is 0 Å². The molecule has 17 heavy (non-hydrogen) atoms. The lowest BCUT2D eigenvalue weighted by atomic mass is 10.2. The number of nitrogens with one attached hydrogen (secondary N) is 2. The lowest BCUT2D eigenvalue weighted by Crippen LogP contribution is -2.26.